The van der Waals surface area contributed by atoms with E-state index in [2.05, 4.69) is 6.58 Å². The molecule has 0 aromatic rings. The number of hydrogen-bond donors (Lipinski definition) is 1. The van der Waals surface area contributed by atoms with E-state index in [0.717, 1.165) is 11.3 Å². The van der Waals surface area contributed by atoms with E-state index in [-0.39, 0.29) is 0 Å². The Hall–Kier alpha value is -1.22. The highest BCUT2D eigenvalue weighted by Gasteiger charge is 1.99. The van der Waals surface area contributed by atoms with E-state index >= 15 is 0 Å². The molecule has 0 aliphatic rings. The highest BCUT2D eigenvalue weighted by Crippen LogP contribution is 2.09. The molecular weight excluding hydrogens is 166 g/mol. The molecule has 0 atom stereocenters. The molecule has 3 nitrogen and oxygen atoms in total. The van der Waals surface area contributed by atoms with Crippen LogP contribution in [0, 0.1) is 0 Å². The third-order valence-electron chi connectivity index (χ3n) is 1.69. The predicted molar refractivity (Wildman–Crippen MR) is 54.1 cm³/mol. The number of allylic oxidation sites excluding steroid dienone is 2. The summed E-state index contributed by atoms with van der Waals surface area (Å²) in [6.45, 7) is 5.90. The molecular formula is C10H17NO2. The zero-order chi connectivity index (χ0) is 10.3. The van der Waals surface area contributed by atoms with E-state index in [1.165, 1.54) is 0 Å². The van der Waals surface area contributed by atoms with E-state index < -0.39 is 0 Å². The smallest absolute Gasteiger partial charge is 0.156 e. The maximum absolute atomic E-state index is 5.47. The fourth-order valence-corrected chi connectivity index (χ4v) is 0.774. The fraction of sp³-hybridized carbons (Fsp3) is 0.400. The van der Waals surface area contributed by atoms with Crippen molar-refractivity contribution < 1.29 is 9.47 Å². The molecule has 0 saturated carbocycles. The zero-order valence-electron chi connectivity index (χ0n) is 8.46. The predicted octanol–water partition coefficient (Wildman–Crippen LogP) is 1.58. The maximum atomic E-state index is 5.47. The summed E-state index contributed by atoms with van der Waals surface area (Å²) in [5, 5.41) is 0. The van der Waals surface area contributed by atoms with Gasteiger partial charge in [0, 0.05) is 6.54 Å². The van der Waals surface area contributed by atoms with Crippen LogP contribution in [0.4, 0.5) is 0 Å². The van der Waals surface area contributed by atoms with Crippen LogP contribution in [0.5, 0.6) is 0 Å². The molecule has 0 fully saturated rings. The van der Waals surface area contributed by atoms with Crippen molar-refractivity contribution in [1.29, 1.82) is 0 Å². The molecule has 0 radical (unpaired) electrons. The lowest BCUT2D eigenvalue weighted by Gasteiger charge is -2.07. The van der Waals surface area contributed by atoms with Crippen LogP contribution < -0.4 is 5.73 Å². The monoisotopic (exact) mass is 183 g/mol. The maximum Gasteiger partial charge on any atom is 0.156 e. The first-order valence-corrected chi connectivity index (χ1v) is 4.01. The van der Waals surface area contributed by atoms with Crippen molar-refractivity contribution in [3.63, 3.8) is 0 Å². The summed E-state index contributed by atoms with van der Waals surface area (Å²) < 4.78 is 10.1. The van der Waals surface area contributed by atoms with E-state index in [4.69, 9.17) is 15.2 Å². The van der Waals surface area contributed by atoms with Crippen molar-refractivity contribution in [3.05, 3.63) is 35.8 Å². The Balaban J connectivity index is 4.79. The van der Waals surface area contributed by atoms with Crippen LogP contribution in [0.2, 0.25) is 0 Å². The fourth-order valence-electron chi connectivity index (χ4n) is 0.774. The second kappa shape index (κ2) is 6.31. The van der Waals surface area contributed by atoms with E-state index in [9.17, 15) is 0 Å². The van der Waals surface area contributed by atoms with Gasteiger partial charge in [-0.05, 0) is 18.6 Å². The quantitative estimate of drug-likeness (QED) is 0.520. The average Bonchev–Trinajstić information content (AvgIpc) is 2.19. The van der Waals surface area contributed by atoms with Crippen LogP contribution in [-0.4, -0.2) is 20.8 Å². The molecule has 2 N–H and O–H groups in total. The number of methoxy groups -OCH3 is 2. The standard InChI is InChI=1S/C10H17NO2/c1-5-9(7-11)6-10(13-4)8(2)12-3/h5-6H,1,7,11H2,2-4H3. The minimum Gasteiger partial charge on any atom is -0.498 e. The lowest BCUT2D eigenvalue weighted by molar-refractivity contribution is 0.232. The summed E-state index contributed by atoms with van der Waals surface area (Å²) in [5.74, 6) is 1.39. The van der Waals surface area contributed by atoms with Gasteiger partial charge in [-0.3, -0.25) is 0 Å². The van der Waals surface area contributed by atoms with Crippen LogP contribution in [0.15, 0.2) is 35.8 Å². The van der Waals surface area contributed by atoms with Gasteiger partial charge in [0.15, 0.2) is 5.76 Å². The number of hydrogen-bond acceptors (Lipinski definition) is 3. The molecule has 0 bridgehead atoms. The lowest BCUT2D eigenvalue weighted by Crippen LogP contribution is -2.02. The van der Waals surface area contributed by atoms with E-state index in [1.54, 1.807) is 20.3 Å². The molecule has 0 aliphatic heterocycles. The molecule has 0 aromatic carbocycles. The molecule has 0 rings (SSSR count). The third kappa shape index (κ3) is 3.80. The summed E-state index contributed by atoms with van der Waals surface area (Å²) >= 11 is 0. The van der Waals surface area contributed by atoms with Crippen molar-refractivity contribution in [2.45, 2.75) is 6.92 Å². The van der Waals surface area contributed by atoms with Gasteiger partial charge < -0.3 is 15.2 Å². The summed E-state index contributed by atoms with van der Waals surface area (Å²) in [6, 6.07) is 0. The normalized spacial score (nSPS) is 13.4. The largest absolute Gasteiger partial charge is 0.498 e. The number of rotatable bonds is 5. The molecule has 0 heterocycles. The van der Waals surface area contributed by atoms with Gasteiger partial charge in [-0.1, -0.05) is 12.7 Å². The summed E-state index contributed by atoms with van der Waals surface area (Å²) in [4.78, 5) is 0. The molecule has 0 aliphatic carbocycles. The second-order valence-corrected chi connectivity index (χ2v) is 2.46. The summed E-state index contributed by atoms with van der Waals surface area (Å²) in [7, 11) is 3.18. The first-order chi connectivity index (χ1) is 6.19. The highest BCUT2D eigenvalue weighted by molar-refractivity contribution is 5.28. The van der Waals surface area contributed by atoms with Gasteiger partial charge in [-0.25, -0.2) is 0 Å². The summed E-state index contributed by atoms with van der Waals surface area (Å²) in [5.41, 5.74) is 6.38. The van der Waals surface area contributed by atoms with Crippen molar-refractivity contribution in [2.75, 3.05) is 20.8 Å². The molecule has 13 heavy (non-hydrogen) atoms. The third-order valence-corrected chi connectivity index (χ3v) is 1.69. The Labute approximate surface area is 79.5 Å². The molecule has 0 saturated heterocycles. The molecule has 0 amide bonds. The average molecular weight is 183 g/mol. The second-order valence-electron chi connectivity index (χ2n) is 2.46. The van der Waals surface area contributed by atoms with Gasteiger partial charge in [-0.2, -0.15) is 0 Å². The molecule has 0 unspecified atom stereocenters. The topological polar surface area (TPSA) is 44.5 Å². The van der Waals surface area contributed by atoms with Gasteiger partial charge in [-0.15, -0.1) is 0 Å². The minimum atomic E-state index is 0.438. The van der Waals surface area contributed by atoms with Crippen LogP contribution >= 0.6 is 0 Å². The molecule has 0 spiro atoms. The Bertz CT molecular complexity index is 227. The van der Waals surface area contributed by atoms with Crippen molar-refractivity contribution in [1.82, 2.24) is 0 Å². The molecule has 74 valence electrons. The van der Waals surface area contributed by atoms with Crippen LogP contribution in [0.3, 0.4) is 0 Å². The van der Waals surface area contributed by atoms with Crippen molar-refractivity contribution in [3.8, 4) is 0 Å². The highest BCUT2D eigenvalue weighted by atomic mass is 16.5. The lowest BCUT2D eigenvalue weighted by atomic mass is 10.2. The SMILES string of the molecule is C=CC(=CC(OC)=C(C)OC)CN. The number of ether oxygens (including phenoxy) is 2. The van der Waals surface area contributed by atoms with Gasteiger partial charge in [0.05, 0.1) is 14.2 Å². The van der Waals surface area contributed by atoms with Gasteiger partial charge in [0.1, 0.15) is 5.76 Å². The Morgan fingerprint density at radius 2 is 2.00 bits per heavy atom. The Morgan fingerprint density at radius 1 is 1.38 bits per heavy atom. The first kappa shape index (κ1) is 11.8. The van der Waals surface area contributed by atoms with Crippen LogP contribution in [-0.2, 0) is 9.47 Å². The minimum absolute atomic E-state index is 0.438. The van der Waals surface area contributed by atoms with Gasteiger partial charge >= 0.3 is 0 Å². The number of nitrogens with two attached hydrogens (primary N) is 1. The van der Waals surface area contributed by atoms with Crippen molar-refractivity contribution in [2.24, 2.45) is 5.73 Å². The summed E-state index contributed by atoms with van der Waals surface area (Å²) in [6.07, 6.45) is 3.51. The van der Waals surface area contributed by atoms with Gasteiger partial charge in [0.25, 0.3) is 0 Å². The van der Waals surface area contributed by atoms with E-state index in [1.807, 2.05) is 13.0 Å². The first-order valence-electron chi connectivity index (χ1n) is 4.01. The zero-order valence-corrected chi connectivity index (χ0v) is 8.46. The van der Waals surface area contributed by atoms with Crippen molar-refractivity contribution >= 4 is 0 Å². The Morgan fingerprint density at radius 3 is 2.31 bits per heavy atom. The van der Waals surface area contributed by atoms with Crippen LogP contribution in [0.1, 0.15) is 6.92 Å². The van der Waals surface area contributed by atoms with E-state index in [0.29, 0.717) is 12.3 Å². The Kier molecular flexibility index (Phi) is 5.72. The molecule has 0 aromatic heterocycles. The van der Waals surface area contributed by atoms with Gasteiger partial charge in [0.2, 0.25) is 0 Å². The molecule has 3 heteroatoms. The van der Waals surface area contributed by atoms with Crippen LogP contribution in [0.25, 0.3) is 0 Å².